The molecule has 1 aliphatic rings. The molecule has 0 bridgehead atoms. The Morgan fingerprint density at radius 2 is 2.11 bits per heavy atom. The maximum Gasteiger partial charge on any atom is 0.282 e. The van der Waals surface area contributed by atoms with Crippen LogP contribution in [0.5, 0.6) is 0 Å². The summed E-state index contributed by atoms with van der Waals surface area (Å²) in [5.41, 5.74) is 7.91. The van der Waals surface area contributed by atoms with E-state index >= 15 is 0 Å². The van der Waals surface area contributed by atoms with Gasteiger partial charge in [0.15, 0.2) is 5.82 Å². The summed E-state index contributed by atoms with van der Waals surface area (Å²) in [5, 5.41) is 7.00. The molecule has 142 valence electrons. The van der Waals surface area contributed by atoms with Gasteiger partial charge in [0, 0.05) is 24.3 Å². The van der Waals surface area contributed by atoms with Crippen molar-refractivity contribution in [2.75, 3.05) is 11.9 Å². The lowest BCUT2D eigenvalue weighted by Gasteiger charge is -2.08. The largest absolute Gasteiger partial charge is 0.463 e. The van der Waals surface area contributed by atoms with Gasteiger partial charge in [-0.05, 0) is 48.7 Å². The molecule has 1 aromatic carbocycles. The highest BCUT2D eigenvalue weighted by Crippen LogP contribution is 2.15. The number of carbonyl (C=O) groups is 1. The van der Waals surface area contributed by atoms with Crippen molar-refractivity contribution in [3.63, 3.8) is 0 Å². The van der Waals surface area contributed by atoms with Crippen LogP contribution in [0.15, 0.2) is 66.0 Å². The molecule has 1 amide bonds. The fourth-order valence-corrected chi connectivity index (χ4v) is 2.94. The van der Waals surface area contributed by atoms with E-state index in [0.29, 0.717) is 18.0 Å². The number of ether oxygens (including phenoxy) is 1. The number of anilines is 1. The second-order valence-electron chi connectivity index (χ2n) is 6.48. The molecule has 0 spiro atoms. The Morgan fingerprint density at radius 1 is 1.25 bits per heavy atom. The number of nitrogens with two attached hydrogens (primary N) is 1. The highest BCUT2D eigenvalue weighted by Gasteiger charge is 2.16. The van der Waals surface area contributed by atoms with Crippen molar-refractivity contribution in [3.8, 4) is 5.82 Å². The zero-order chi connectivity index (χ0) is 19.3. The van der Waals surface area contributed by atoms with Crippen LogP contribution < -0.4 is 11.1 Å². The van der Waals surface area contributed by atoms with Gasteiger partial charge in [0.05, 0.1) is 11.6 Å². The molecule has 3 aromatic rings. The first-order chi connectivity index (χ1) is 13.7. The maximum absolute atomic E-state index is 12.4. The van der Waals surface area contributed by atoms with Crippen LogP contribution in [0.25, 0.3) is 5.82 Å². The number of hydrogen-bond donors (Lipinski definition) is 2. The van der Waals surface area contributed by atoms with Gasteiger partial charge in [0.25, 0.3) is 11.9 Å². The van der Waals surface area contributed by atoms with Crippen molar-refractivity contribution >= 4 is 17.6 Å². The van der Waals surface area contributed by atoms with Crippen LogP contribution in [0.3, 0.4) is 0 Å². The molecule has 0 saturated heterocycles. The summed E-state index contributed by atoms with van der Waals surface area (Å²) < 4.78 is 6.79. The maximum atomic E-state index is 12.4. The smallest absolute Gasteiger partial charge is 0.282 e. The summed E-state index contributed by atoms with van der Waals surface area (Å²) in [6.45, 7) is 0.549. The average Bonchev–Trinajstić information content (AvgIpc) is 3.39. The van der Waals surface area contributed by atoms with Gasteiger partial charge in [-0.25, -0.2) is 14.7 Å². The van der Waals surface area contributed by atoms with Crippen molar-refractivity contribution < 1.29 is 9.53 Å². The lowest BCUT2D eigenvalue weighted by atomic mass is 10.1. The Labute approximate surface area is 162 Å². The summed E-state index contributed by atoms with van der Waals surface area (Å²) in [6, 6.07) is 13.5. The SMILES string of the molecule is NC1=N[C@@H](CCc2ccc(NC(=O)c3ccc(-n4cccn4)nc3)cc2)CO1. The zero-order valence-electron chi connectivity index (χ0n) is 15.2. The molecule has 3 N–H and O–H groups in total. The lowest BCUT2D eigenvalue weighted by molar-refractivity contribution is 0.102. The second-order valence-corrected chi connectivity index (χ2v) is 6.48. The molecule has 0 saturated carbocycles. The number of hydrogen-bond acceptors (Lipinski definition) is 6. The molecular formula is C20H20N6O2. The van der Waals surface area contributed by atoms with E-state index in [1.54, 1.807) is 29.2 Å². The highest BCUT2D eigenvalue weighted by atomic mass is 16.5. The van der Waals surface area contributed by atoms with E-state index in [4.69, 9.17) is 10.5 Å². The normalized spacial score (nSPS) is 15.7. The fourth-order valence-electron chi connectivity index (χ4n) is 2.94. The van der Waals surface area contributed by atoms with Crippen molar-refractivity contribution in [2.45, 2.75) is 18.9 Å². The quantitative estimate of drug-likeness (QED) is 0.685. The van der Waals surface area contributed by atoms with Gasteiger partial charge in [-0.1, -0.05) is 12.1 Å². The highest BCUT2D eigenvalue weighted by molar-refractivity contribution is 6.04. The Hall–Kier alpha value is -3.68. The topological polar surface area (TPSA) is 107 Å². The number of aromatic nitrogens is 3. The molecule has 4 rings (SSSR count). The van der Waals surface area contributed by atoms with Crippen molar-refractivity contribution in [2.24, 2.45) is 10.7 Å². The number of amides is 1. The van der Waals surface area contributed by atoms with Crippen molar-refractivity contribution in [1.29, 1.82) is 0 Å². The molecule has 3 heterocycles. The zero-order valence-corrected chi connectivity index (χ0v) is 15.2. The minimum absolute atomic E-state index is 0.122. The van der Waals surface area contributed by atoms with Gasteiger partial charge in [0.1, 0.15) is 6.61 Å². The van der Waals surface area contributed by atoms with Crippen LogP contribution in [0, 0.1) is 0 Å². The number of nitrogens with one attached hydrogen (secondary N) is 1. The lowest BCUT2D eigenvalue weighted by Crippen LogP contribution is -2.13. The molecule has 1 atom stereocenters. The Bertz CT molecular complexity index is 965. The first-order valence-electron chi connectivity index (χ1n) is 9.00. The predicted octanol–water partition coefficient (Wildman–Crippen LogP) is 2.17. The molecule has 0 aliphatic carbocycles. The standard InChI is InChI=1S/C20H20N6O2/c21-20-25-17(13-28-20)8-4-14-2-6-16(7-3-14)24-19(27)15-5-9-18(22-12-15)26-11-1-10-23-26/h1-3,5-7,9-12,17H,4,8,13H2,(H2,21,25)(H,24,27)/t17-/m0/s1. The number of amidine groups is 1. The van der Waals surface area contributed by atoms with Crippen LogP contribution in [-0.4, -0.2) is 39.3 Å². The Kier molecular flexibility index (Phi) is 5.01. The third-order valence-corrected chi connectivity index (χ3v) is 4.46. The Balaban J connectivity index is 1.33. The van der Waals surface area contributed by atoms with E-state index in [1.165, 1.54) is 11.8 Å². The van der Waals surface area contributed by atoms with Gasteiger partial charge in [0.2, 0.25) is 0 Å². The van der Waals surface area contributed by atoms with E-state index in [2.05, 4.69) is 20.4 Å². The van der Waals surface area contributed by atoms with E-state index in [1.807, 2.05) is 30.3 Å². The van der Waals surface area contributed by atoms with Crippen LogP contribution in [0.1, 0.15) is 22.3 Å². The van der Waals surface area contributed by atoms with Gasteiger partial charge in [-0.3, -0.25) is 4.79 Å². The third-order valence-electron chi connectivity index (χ3n) is 4.46. The van der Waals surface area contributed by atoms with Crippen LogP contribution >= 0.6 is 0 Å². The molecule has 28 heavy (non-hydrogen) atoms. The molecule has 0 fully saturated rings. The number of rotatable bonds is 6. The fraction of sp³-hybridized carbons (Fsp3) is 0.200. The van der Waals surface area contributed by atoms with Gasteiger partial charge in [-0.2, -0.15) is 5.10 Å². The average molecular weight is 376 g/mol. The van der Waals surface area contributed by atoms with Crippen molar-refractivity contribution in [3.05, 3.63) is 72.2 Å². The number of benzene rings is 1. The van der Waals surface area contributed by atoms with Gasteiger partial charge >= 0.3 is 0 Å². The number of nitrogens with zero attached hydrogens (tertiary/aromatic N) is 4. The summed E-state index contributed by atoms with van der Waals surface area (Å²) in [5.74, 6) is 0.449. The van der Waals surface area contributed by atoms with Gasteiger partial charge < -0.3 is 15.8 Å². The molecule has 0 unspecified atom stereocenters. The number of carbonyl (C=O) groups excluding carboxylic acids is 1. The number of pyridine rings is 1. The minimum Gasteiger partial charge on any atom is -0.463 e. The van der Waals surface area contributed by atoms with E-state index in [-0.39, 0.29) is 18.0 Å². The van der Waals surface area contributed by atoms with Crippen molar-refractivity contribution in [1.82, 2.24) is 14.8 Å². The second kappa shape index (κ2) is 7.91. The monoisotopic (exact) mass is 376 g/mol. The molecule has 1 aliphatic heterocycles. The summed E-state index contributed by atoms with van der Waals surface area (Å²) in [4.78, 5) is 20.9. The molecule has 0 radical (unpaired) electrons. The van der Waals surface area contributed by atoms with Gasteiger partial charge in [-0.15, -0.1) is 0 Å². The summed E-state index contributed by atoms with van der Waals surface area (Å²) in [7, 11) is 0. The Morgan fingerprint density at radius 3 is 2.75 bits per heavy atom. The van der Waals surface area contributed by atoms with Crippen LogP contribution in [0.4, 0.5) is 5.69 Å². The minimum atomic E-state index is -0.208. The van der Waals surface area contributed by atoms with E-state index in [0.717, 1.165) is 18.5 Å². The third kappa shape index (κ3) is 4.17. The summed E-state index contributed by atoms with van der Waals surface area (Å²) in [6.07, 6.45) is 6.76. The first-order valence-corrected chi connectivity index (χ1v) is 9.00. The molecule has 8 nitrogen and oxygen atoms in total. The molecule has 8 heteroatoms. The first kappa shape index (κ1) is 17.7. The van der Waals surface area contributed by atoms with E-state index in [9.17, 15) is 4.79 Å². The number of aryl methyl sites for hydroxylation is 1. The molecular weight excluding hydrogens is 356 g/mol. The number of aliphatic imine (C=N–C) groups is 1. The predicted molar refractivity (Wildman–Crippen MR) is 105 cm³/mol. The molecule has 2 aromatic heterocycles. The van der Waals surface area contributed by atoms with Crippen LogP contribution in [-0.2, 0) is 11.2 Å². The summed E-state index contributed by atoms with van der Waals surface area (Å²) >= 11 is 0. The van der Waals surface area contributed by atoms with Crippen LogP contribution in [0.2, 0.25) is 0 Å². The van der Waals surface area contributed by atoms with E-state index < -0.39 is 0 Å².